The molecule has 1 aromatic carbocycles. The Balaban J connectivity index is 2.50. The average Bonchev–Trinajstić information content (AvgIpc) is 2.28. The van der Waals surface area contributed by atoms with Gasteiger partial charge in [-0.15, -0.1) is 0 Å². The molecule has 1 aromatic rings. The van der Waals surface area contributed by atoms with E-state index < -0.39 is 23.1 Å². The summed E-state index contributed by atoms with van der Waals surface area (Å²) in [6.45, 7) is 0.622. The van der Waals surface area contributed by atoms with E-state index in [0.717, 1.165) is 12.1 Å². The van der Waals surface area contributed by atoms with Crippen LogP contribution in [-0.2, 0) is 4.79 Å². The van der Waals surface area contributed by atoms with E-state index in [1.165, 1.54) is 6.07 Å². The Morgan fingerprint density at radius 3 is 2.47 bits per heavy atom. The summed E-state index contributed by atoms with van der Waals surface area (Å²) in [6, 6.07) is 3.23. The number of rotatable bonds is 6. The molecule has 2 N–H and O–H groups in total. The van der Waals surface area contributed by atoms with Crippen LogP contribution >= 0.6 is 0 Å². The molecule has 17 heavy (non-hydrogen) atoms. The van der Waals surface area contributed by atoms with Crippen LogP contribution in [0.4, 0.5) is 8.78 Å². The normalized spacial score (nSPS) is 9.76. The van der Waals surface area contributed by atoms with E-state index in [-0.39, 0.29) is 6.54 Å². The highest BCUT2D eigenvalue weighted by atomic mass is 19.1. The molecule has 0 aromatic heterocycles. The maximum atomic E-state index is 13.2. The predicted octanol–water partition coefficient (Wildman–Crippen LogP) is 0.831. The van der Waals surface area contributed by atoms with Crippen LogP contribution in [0.15, 0.2) is 18.2 Å². The van der Waals surface area contributed by atoms with Crippen molar-refractivity contribution in [3.05, 3.63) is 35.4 Å². The van der Waals surface area contributed by atoms with Gasteiger partial charge in [0.1, 0.15) is 17.2 Å². The largest absolute Gasteiger partial charge is 0.359 e. The Bertz CT molecular complexity index is 390. The minimum atomic E-state index is -0.895. The topological polar surface area (TPSA) is 58.2 Å². The highest BCUT2D eigenvalue weighted by molar-refractivity contribution is 5.94. The van der Waals surface area contributed by atoms with Crippen LogP contribution in [0.1, 0.15) is 16.8 Å². The second-order valence-corrected chi connectivity index (χ2v) is 3.28. The van der Waals surface area contributed by atoms with Crippen LogP contribution in [0.5, 0.6) is 0 Å². The minimum Gasteiger partial charge on any atom is -0.359 e. The average molecular weight is 242 g/mol. The molecule has 0 aliphatic heterocycles. The summed E-state index contributed by atoms with van der Waals surface area (Å²) in [5.74, 6) is -2.59. The molecule has 1 rings (SSSR count). The minimum absolute atomic E-state index is 0.230. The molecule has 0 saturated heterocycles. The van der Waals surface area contributed by atoms with E-state index in [4.69, 9.17) is 0 Å². The van der Waals surface area contributed by atoms with E-state index in [2.05, 4.69) is 10.6 Å². The van der Waals surface area contributed by atoms with Crippen LogP contribution in [-0.4, -0.2) is 25.4 Å². The van der Waals surface area contributed by atoms with Crippen molar-refractivity contribution in [1.29, 1.82) is 0 Å². The summed E-state index contributed by atoms with van der Waals surface area (Å²) in [4.78, 5) is 21.4. The van der Waals surface area contributed by atoms with Crippen molar-refractivity contribution < 1.29 is 18.4 Å². The van der Waals surface area contributed by atoms with Gasteiger partial charge in [0.05, 0.1) is 0 Å². The van der Waals surface area contributed by atoms with Gasteiger partial charge in [-0.1, -0.05) is 6.07 Å². The monoisotopic (exact) mass is 242 g/mol. The summed E-state index contributed by atoms with van der Waals surface area (Å²) in [5, 5.41) is 4.77. The summed E-state index contributed by atoms with van der Waals surface area (Å²) in [7, 11) is 0. The van der Waals surface area contributed by atoms with Crippen LogP contribution in [0, 0.1) is 11.6 Å². The zero-order valence-electron chi connectivity index (χ0n) is 9.00. The number of amides is 2. The molecule has 0 atom stereocenters. The lowest BCUT2D eigenvalue weighted by Gasteiger charge is -2.06. The highest BCUT2D eigenvalue weighted by Crippen LogP contribution is 2.11. The van der Waals surface area contributed by atoms with Crippen LogP contribution in [0.2, 0.25) is 0 Å². The zero-order chi connectivity index (χ0) is 12.7. The van der Waals surface area contributed by atoms with Gasteiger partial charge in [-0.05, 0) is 18.6 Å². The molecular weight excluding hydrogens is 230 g/mol. The number of hydrogen-bond donors (Lipinski definition) is 2. The van der Waals surface area contributed by atoms with E-state index in [0.29, 0.717) is 19.4 Å². The molecule has 0 saturated carbocycles. The van der Waals surface area contributed by atoms with Gasteiger partial charge in [-0.2, -0.15) is 0 Å². The smallest absolute Gasteiger partial charge is 0.257 e. The first-order valence-corrected chi connectivity index (χ1v) is 5.06. The van der Waals surface area contributed by atoms with Gasteiger partial charge < -0.3 is 10.6 Å². The number of carbonyl (C=O) groups is 2. The molecule has 6 heteroatoms. The van der Waals surface area contributed by atoms with E-state index in [1.807, 2.05) is 0 Å². The fourth-order valence-corrected chi connectivity index (χ4v) is 1.25. The van der Waals surface area contributed by atoms with Gasteiger partial charge in [0.2, 0.25) is 6.41 Å². The molecule has 2 amide bonds. The Hall–Kier alpha value is -1.98. The third-order valence-corrected chi connectivity index (χ3v) is 2.06. The quantitative estimate of drug-likeness (QED) is 0.573. The standard InChI is InChI=1S/C11H12F2N2O2/c12-8-3-1-4-9(13)10(8)11(17)15-6-2-5-14-7-16/h1,3-4,7H,2,5-6H2,(H,14,16)(H,15,17). The molecular formula is C11H12F2N2O2. The predicted molar refractivity (Wildman–Crippen MR) is 57.4 cm³/mol. The Labute approximate surface area is 97.0 Å². The van der Waals surface area contributed by atoms with Crippen LogP contribution in [0.25, 0.3) is 0 Å². The molecule has 0 radical (unpaired) electrons. The van der Waals surface area contributed by atoms with E-state index in [9.17, 15) is 18.4 Å². The fourth-order valence-electron chi connectivity index (χ4n) is 1.25. The Morgan fingerprint density at radius 2 is 1.88 bits per heavy atom. The molecule has 92 valence electrons. The van der Waals surface area contributed by atoms with Gasteiger partial charge in [0, 0.05) is 13.1 Å². The van der Waals surface area contributed by atoms with E-state index >= 15 is 0 Å². The number of benzene rings is 1. The van der Waals surface area contributed by atoms with Gasteiger partial charge in [-0.3, -0.25) is 9.59 Å². The maximum absolute atomic E-state index is 13.2. The molecule has 0 fully saturated rings. The first-order chi connectivity index (χ1) is 8.16. The van der Waals surface area contributed by atoms with Crippen molar-refractivity contribution in [2.24, 2.45) is 0 Å². The lowest BCUT2D eigenvalue weighted by molar-refractivity contribution is -0.109. The number of nitrogens with one attached hydrogen (secondary N) is 2. The van der Waals surface area contributed by atoms with Crippen molar-refractivity contribution in [2.45, 2.75) is 6.42 Å². The summed E-state index contributed by atoms with van der Waals surface area (Å²) in [6.07, 6.45) is 1.03. The van der Waals surface area contributed by atoms with Crippen LogP contribution in [0.3, 0.4) is 0 Å². The number of halogens is 2. The number of hydrogen-bond acceptors (Lipinski definition) is 2. The zero-order valence-corrected chi connectivity index (χ0v) is 9.00. The summed E-state index contributed by atoms with van der Waals surface area (Å²) < 4.78 is 26.3. The van der Waals surface area contributed by atoms with Gasteiger partial charge in [-0.25, -0.2) is 8.78 Å². The molecule has 0 aliphatic rings. The van der Waals surface area contributed by atoms with Crippen molar-refractivity contribution in [3.8, 4) is 0 Å². The third-order valence-electron chi connectivity index (χ3n) is 2.06. The van der Waals surface area contributed by atoms with Gasteiger partial charge >= 0.3 is 0 Å². The Morgan fingerprint density at radius 1 is 1.24 bits per heavy atom. The second kappa shape index (κ2) is 6.57. The second-order valence-electron chi connectivity index (χ2n) is 3.28. The molecule has 4 nitrogen and oxygen atoms in total. The van der Waals surface area contributed by atoms with Crippen LogP contribution < -0.4 is 10.6 Å². The first kappa shape index (κ1) is 13.1. The SMILES string of the molecule is O=CNCCCNC(=O)c1c(F)cccc1F. The van der Waals surface area contributed by atoms with Crippen molar-refractivity contribution in [1.82, 2.24) is 10.6 Å². The molecule has 0 spiro atoms. The molecule has 0 unspecified atom stereocenters. The highest BCUT2D eigenvalue weighted by Gasteiger charge is 2.15. The van der Waals surface area contributed by atoms with Gasteiger partial charge in [0.25, 0.3) is 5.91 Å². The molecule has 0 aliphatic carbocycles. The first-order valence-electron chi connectivity index (χ1n) is 5.06. The van der Waals surface area contributed by atoms with Crippen molar-refractivity contribution in [2.75, 3.05) is 13.1 Å². The lowest BCUT2D eigenvalue weighted by Crippen LogP contribution is -2.28. The van der Waals surface area contributed by atoms with Crippen molar-refractivity contribution >= 4 is 12.3 Å². The van der Waals surface area contributed by atoms with E-state index in [1.54, 1.807) is 0 Å². The van der Waals surface area contributed by atoms with Gasteiger partial charge in [0.15, 0.2) is 0 Å². The number of carbonyl (C=O) groups excluding carboxylic acids is 2. The third kappa shape index (κ3) is 3.82. The molecule has 0 bridgehead atoms. The Kier molecular flexibility index (Phi) is 5.06. The maximum Gasteiger partial charge on any atom is 0.257 e. The lowest BCUT2D eigenvalue weighted by atomic mass is 10.2. The van der Waals surface area contributed by atoms with Crippen molar-refractivity contribution in [3.63, 3.8) is 0 Å². The fraction of sp³-hybridized carbons (Fsp3) is 0.273. The summed E-state index contributed by atoms with van der Waals surface area (Å²) in [5.41, 5.74) is -0.587. The summed E-state index contributed by atoms with van der Waals surface area (Å²) >= 11 is 0. The molecule has 0 heterocycles.